The first kappa shape index (κ1) is 30.7. The number of nitrogens with one attached hydrogen (secondary N) is 1. The fraction of sp³-hybridized carbons (Fsp3) is 0.600. The van der Waals surface area contributed by atoms with E-state index in [1.807, 2.05) is 20.8 Å². The van der Waals surface area contributed by atoms with Crippen LogP contribution in [0.2, 0.25) is 0 Å². The summed E-state index contributed by atoms with van der Waals surface area (Å²) in [5, 5.41) is 3.00. The van der Waals surface area contributed by atoms with Crippen LogP contribution in [-0.2, 0) is 35.0 Å². The number of unbranched alkanes of at least 4 members (excludes halogenated alkanes) is 1. The zero-order valence-electron chi connectivity index (χ0n) is 21.5. The molecule has 0 aliphatic rings. The average molecular weight is 512 g/mol. The van der Waals surface area contributed by atoms with Crippen molar-refractivity contribution in [3.63, 3.8) is 0 Å². The monoisotopic (exact) mass is 511 g/mol. The Morgan fingerprint density at radius 2 is 1.47 bits per heavy atom. The largest absolute Gasteiger partial charge is 0.513 e. The Labute approximate surface area is 211 Å². The average Bonchev–Trinajstić information content (AvgIpc) is 2.87. The number of methoxy groups -OCH3 is 1. The lowest BCUT2D eigenvalue weighted by molar-refractivity contribution is -0.144. The summed E-state index contributed by atoms with van der Waals surface area (Å²) >= 11 is 0. The zero-order chi connectivity index (χ0) is 26.8. The highest BCUT2D eigenvalue weighted by Gasteiger charge is 2.22. The normalized spacial score (nSPS) is 11.2. The SMILES string of the molecule is CCCCC(=O)OCCN[C@@H](Cc1ccc(OC(=O)OCCC)c(OC(=O)OCCC)c1)C(=O)OC. The van der Waals surface area contributed by atoms with Crippen LogP contribution in [0.4, 0.5) is 9.59 Å². The lowest BCUT2D eigenvalue weighted by Crippen LogP contribution is -2.41. The summed E-state index contributed by atoms with van der Waals surface area (Å²) < 4.78 is 30.3. The third-order valence-corrected chi connectivity index (χ3v) is 4.66. The highest BCUT2D eigenvalue weighted by atomic mass is 16.7. The third kappa shape index (κ3) is 12.4. The summed E-state index contributed by atoms with van der Waals surface area (Å²) in [7, 11) is 1.26. The van der Waals surface area contributed by atoms with Crippen molar-refractivity contribution in [2.45, 2.75) is 65.3 Å². The Morgan fingerprint density at radius 3 is 2.06 bits per heavy atom. The minimum Gasteiger partial charge on any atom is -0.468 e. The van der Waals surface area contributed by atoms with Crippen molar-refractivity contribution >= 4 is 24.2 Å². The molecule has 0 aliphatic carbocycles. The highest BCUT2D eigenvalue weighted by Crippen LogP contribution is 2.30. The fourth-order valence-corrected chi connectivity index (χ4v) is 2.86. The number of ether oxygens (including phenoxy) is 6. The lowest BCUT2D eigenvalue weighted by atomic mass is 10.1. The van der Waals surface area contributed by atoms with Crippen molar-refractivity contribution < 1.29 is 47.6 Å². The van der Waals surface area contributed by atoms with Crippen LogP contribution < -0.4 is 14.8 Å². The van der Waals surface area contributed by atoms with Gasteiger partial charge in [0.2, 0.25) is 0 Å². The van der Waals surface area contributed by atoms with Crippen LogP contribution in [-0.4, -0.2) is 63.8 Å². The minimum atomic E-state index is -0.965. The standard InChI is InChI=1S/C25H37NO10/c1-5-8-9-22(27)32-15-12-26-19(23(28)31-4)16-18-10-11-20(35-24(29)33-13-6-2)21(17-18)36-25(30)34-14-7-3/h10-11,17,19,26H,5-9,12-16H2,1-4H3/t19-/m0/s1. The van der Waals surface area contributed by atoms with E-state index in [4.69, 9.17) is 28.4 Å². The summed E-state index contributed by atoms with van der Waals surface area (Å²) in [5.41, 5.74) is 0.574. The smallest absolute Gasteiger partial charge is 0.468 e. The van der Waals surface area contributed by atoms with E-state index < -0.39 is 24.3 Å². The first-order valence-corrected chi connectivity index (χ1v) is 12.1. The van der Waals surface area contributed by atoms with Crippen LogP contribution in [0.1, 0.15) is 58.4 Å². The summed E-state index contributed by atoms with van der Waals surface area (Å²) in [6, 6.07) is 3.72. The van der Waals surface area contributed by atoms with E-state index in [0.717, 1.165) is 12.8 Å². The first-order valence-electron chi connectivity index (χ1n) is 12.1. The summed E-state index contributed by atoms with van der Waals surface area (Å²) in [5.74, 6) is -0.941. The molecule has 0 unspecified atom stereocenters. The molecule has 0 saturated heterocycles. The second-order valence-electron chi connectivity index (χ2n) is 7.74. The number of rotatable bonds is 16. The number of carbonyl (C=O) groups excluding carboxylic acids is 4. The molecular formula is C25H37NO10. The Morgan fingerprint density at radius 1 is 0.833 bits per heavy atom. The molecule has 0 radical (unpaired) electrons. The van der Waals surface area contributed by atoms with Crippen LogP contribution in [0, 0.1) is 0 Å². The second kappa shape index (κ2) is 18.0. The molecule has 202 valence electrons. The molecule has 1 rings (SSSR count). The Kier molecular flexibility index (Phi) is 15.3. The van der Waals surface area contributed by atoms with Crippen molar-refractivity contribution in [2.24, 2.45) is 0 Å². The molecule has 1 aromatic carbocycles. The van der Waals surface area contributed by atoms with Gasteiger partial charge < -0.3 is 33.7 Å². The van der Waals surface area contributed by atoms with Gasteiger partial charge in [-0.25, -0.2) is 9.59 Å². The van der Waals surface area contributed by atoms with Crippen molar-refractivity contribution in [2.75, 3.05) is 33.5 Å². The summed E-state index contributed by atoms with van der Waals surface area (Å²) in [6.07, 6.45) is 1.45. The highest BCUT2D eigenvalue weighted by molar-refractivity contribution is 5.76. The van der Waals surface area contributed by atoms with Gasteiger partial charge in [0, 0.05) is 13.0 Å². The van der Waals surface area contributed by atoms with Gasteiger partial charge >= 0.3 is 24.2 Å². The van der Waals surface area contributed by atoms with Crippen LogP contribution in [0.25, 0.3) is 0 Å². The van der Waals surface area contributed by atoms with Crippen LogP contribution in [0.5, 0.6) is 11.5 Å². The van der Waals surface area contributed by atoms with E-state index in [-0.39, 0.29) is 50.3 Å². The van der Waals surface area contributed by atoms with Crippen molar-refractivity contribution in [1.82, 2.24) is 5.32 Å². The van der Waals surface area contributed by atoms with Gasteiger partial charge in [0.15, 0.2) is 11.5 Å². The van der Waals surface area contributed by atoms with Crippen LogP contribution in [0.3, 0.4) is 0 Å². The van der Waals surface area contributed by atoms with Crippen molar-refractivity contribution in [3.8, 4) is 11.5 Å². The van der Waals surface area contributed by atoms with Gasteiger partial charge in [0.1, 0.15) is 12.6 Å². The van der Waals surface area contributed by atoms with E-state index in [0.29, 0.717) is 24.8 Å². The molecule has 0 amide bonds. The summed E-state index contributed by atoms with van der Waals surface area (Å²) in [4.78, 5) is 47.9. The van der Waals surface area contributed by atoms with E-state index in [1.165, 1.54) is 19.2 Å². The van der Waals surface area contributed by atoms with Crippen molar-refractivity contribution in [3.05, 3.63) is 23.8 Å². The molecular weight excluding hydrogens is 474 g/mol. The third-order valence-electron chi connectivity index (χ3n) is 4.66. The van der Waals surface area contributed by atoms with Crippen LogP contribution >= 0.6 is 0 Å². The molecule has 0 fully saturated rings. The fourth-order valence-electron chi connectivity index (χ4n) is 2.86. The molecule has 11 nitrogen and oxygen atoms in total. The second-order valence-corrected chi connectivity index (χ2v) is 7.74. The first-order chi connectivity index (χ1) is 17.3. The van der Waals surface area contributed by atoms with Gasteiger partial charge in [-0.15, -0.1) is 0 Å². The molecule has 0 heterocycles. The Bertz CT molecular complexity index is 842. The minimum absolute atomic E-state index is 0.0464. The summed E-state index contributed by atoms with van der Waals surface area (Å²) in [6.45, 7) is 6.31. The quantitative estimate of drug-likeness (QED) is 0.150. The van der Waals surface area contributed by atoms with E-state index in [9.17, 15) is 19.2 Å². The number of hydrogen-bond acceptors (Lipinski definition) is 11. The number of hydrogen-bond donors (Lipinski definition) is 1. The molecule has 11 heteroatoms. The Hall–Kier alpha value is -3.34. The molecule has 0 saturated carbocycles. The van der Waals surface area contributed by atoms with Gasteiger partial charge in [-0.2, -0.15) is 0 Å². The molecule has 0 aromatic heterocycles. The van der Waals surface area contributed by atoms with E-state index in [2.05, 4.69) is 5.32 Å². The predicted molar refractivity (Wildman–Crippen MR) is 129 cm³/mol. The van der Waals surface area contributed by atoms with Gasteiger partial charge in [-0.05, 0) is 43.4 Å². The predicted octanol–water partition coefficient (Wildman–Crippen LogP) is 3.94. The van der Waals surface area contributed by atoms with E-state index in [1.54, 1.807) is 6.07 Å². The Balaban J connectivity index is 2.92. The van der Waals surface area contributed by atoms with E-state index >= 15 is 0 Å². The number of esters is 2. The molecule has 36 heavy (non-hydrogen) atoms. The van der Waals surface area contributed by atoms with Gasteiger partial charge in [0.25, 0.3) is 0 Å². The molecule has 0 bridgehead atoms. The zero-order valence-corrected chi connectivity index (χ0v) is 21.5. The van der Waals surface area contributed by atoms with Gasteiger partial charge in [-0.3, -0.25) is 9.59 Å². The van der Waals surface area contributed by atoms with Gasteiger partial charge in [-0.1, -0.05) is 33.3 Å². The molecule has 0 aliphatic heterocycles. The maximum atomic E-state index is 12.3. The maximum Gasteiger partial charge on any atom is 0.513 e. The number of benzene rings is 1. The number of carbonyl (C=O) groups is 4. The van der Waals surface area contributed by atoms with Crippen molar-refractivity contribution in [1.29, 1.82) is 0 Å². The van der Waals surface area contributed by atoms with Crippen LogP contribution in [0.15, 0.2) is 18.2 Å². The maximum absolute atomic E-state index is 12.3. The molecule has 1 aromatic rings. The molecule has 1 atom stereocenters. The lowest BCUT2D eigenvalue weighted by Gasteiger charge is -2.18. The van der Waals surface area contributed by atoms with Gasteiger partial charge in [0.05, 0.1) is 20.3 Å². The topological polar surface area (TPSA) is 136 Å². The molecule has 0 spiro atoms. The molecule has 1 N–H and O–H groups in total.